The number of benzene rings is 2. The topological polar surface area (TPSA) is 61.9 Å². The summed E-state index contributed by atoms with van der Waals surface area (Å²) in [7, 11) is 0. The van der Waals surface area contributed by atoms with Gasteiger partial charge in [-0.1, -0.05) is 25.0 Å². The standard InChI is InChI=1S/C24H22F2N4O/c1-16-6-9-22(20(26)12-16)30-23(17-7-8-18(15-27)19(25)13-17)14-21(28-30)24(31)29-10-4-2-3-5-11-29/h6-9,12-14H,2-5,10-11H2,1H3. The van der Waals surface area contributed by atoms with Crippen molar-refractivity contribution < 1.29 is 13.6 Å². The van der Waals surface area contributed by atoms with Gasteiger partial charge in [0, 0.05) is 18.7 Å². The summed E-state index contributed by atoms with van der Waals surface area (Å²) in [6, 6.07) is 12.2. The van der Waals surface area contributed by atoms with Crippen LogP contribution in [0.3, 0.4) is 0 Å². The molecule has 1 amide bonds. The number of halogens is 2. The predicted octanol–water partition coefficient (Wildman–Crippen LogP) is 5.01. The van der Waals surface area contributed by atoms with Gasteiger partial charge in [-0.05, 0) is 55.7 Å². The number of aromatic nitrogens is 2. The Labute approximate surface area is 179 Å². The van der Waals surface area contributed by atoms with Crippen molar-refractivity contribution in [3.63, 3.8) is 0 Å². The number of carbonyl (C=O) groups is 1. The van der Waals surface area contributed by atoms with E-state index < -0.39 is 11.6 Å². The quantitative estimate of drug-likeness (QED) is 0.598. The second kappa shape index (κ2) is 8.68. The lowest BCUT2D eigenvalue weighted by molar-refractivity contribution is 0.0755. The molecule has 31 heavy (non-hydrogen) atoms. The minimum atomic E-state index is -0.683. The third-order valence-corrected chi connectivity index (χ3v) is 5.54. The molecule has 1 aliphatic heterocycles. The lowest BCUT2D eigenvalue weighted by Crippen LogP contribution is -2.32. The molecule has 0 aliphatic carbocycles. The van der Waals surface area contributed by atoms with E-state index in [0.29, 0.717) is 24.3 Å². The van der Waals surface area contributed by atoms with Crippen LogP contribution >= 0.6 is 0 Å². The average molecular weight is 420 g/mol. The SMILES string of the molecule is Cc1ccc(-n2nc(C(=O)N3CCCCCC3)cc2-c2ccc(C#N)c(F)c2)c(F)c1. The van der Waals surface area contributed by atoms with Crippen LogP contribution in [-0.4, -0.2) is 33.7 Å². The molecule has 0 atom stereocenters. The number of aryl methyl sites for hydroxylation is 1. The van der Waals surface area contributed by atoms with Crippen LogP contribution in [0.5, 0.6) is 0 Å². The van der Waals surface area contributed by atoms with Crippen LogP contribution in [0.2, 0.25) is 0 Å². The number of nitriles is 1. The van der Waals surface area contributed by atoms with Crippen LogP contribution < -0.4 is 0 Å². The molecule has 0 spiro atoms. The van der Waals surface area contributed by atoms with Gasteiger partial charge >= 0.3 is 0 Å². The molecule has 3 aromatic rings. The van der Waals surface area contributed by atoms with Gasteiger partial charge in [-0.25, -0.2) is 13.5 Å². The Morgan fingerprint density at radius 2 is 1.74 bits per heavy atom. The molecule has 2 heterocycles. The lowest BCUT2D eigenvalue weighted by Gasteiger charge is -2.18. The molecular formula is C24H22F2N4O. The van der Waals surface area contributed by atoms with Crippen molar-refractivity contribution in [2.24, 2.45) is 0 Å². The fourth-order valence-corrected chi connectivity index (χ4v) is 3.86. The molecule has 0 saturated carbocycles. The average Bonchev–Trinajstić information content (AvgIpc) is 3.00. The van der Waals surface area contributed by atoms with E-state index in [1.165, 1.54) is 22.9 Å². The number of likely N-dealkylation sites (tertiary alicyclic amines) is 1. The van der Waals surface area contributed by atoms with Crippen LogP contribution in [0.1, 0.15) is 47.3 Å². The highest BCUT2D eigenvalue weighted by Gasteiger charge is 2.24. The number of carbonyl (C=O) groups excluding carboxylic acids is 1. The summed E-state index contributed by atoms with van der Waals surface area (Å²) in [4.78, 5) is 14.9. The molecule has 7 heteroatoms. The van der Waals surface area contributed by atoms with Crippen LogP contribution in [0.25, 0.3) is 16.9 Å². The summed E-state index contributed by atoms with van der Waals surface area (Å²) >= 11 is 0. The Balaban J connectivity index is 1.83. The van der Waals surface area contributed by atoms with Crippen molar-refractivity contribution >= 4 is 5.91 Å². The number of hydrogen-bond donors (Lipinski definition) is 0. The first-order valence-electron chi connectivity index (χ1n) is 10.3. The predicted molar refractivity (Wildman–Crippen MR) is 113 cm³/mol. The summed E-state index contributed by atoms with van der Waals surface area (Å²) in [5.74, 6) is -1.40. The number of rotatable bonds is 3. The zero-order chi connectivity index (χ0) is 22.0. The van der Waals surface area contributed by atoms with Crippen LogP contribution in [0.4, 0.5) is 8.78 Å². The summed E-state index contributed by atoms with van der Waals surface area (Å²) in [6.45, 7) is 3.10. The highest BCUT2D eigenvalue weighted by Crippen LogP contribution is 2.28. The summed E-state index contributed by atoms with van der Waals surface area (Å²) in [5, 5.41) is 13.4. The van der Waals surface area contributed by atoms with Crippen molar-refractivity contribution in [2.75, 3.05) is 13.1 Å². The molecule has 158 valence electrons. The number of nitrogens with zero attached hydrogens (tertiary/aromatic N) is 4. The van der Waals surface area contributed by atoms with Crippen molar-refractivity contribution in [3.8, 4) is 23.0 Å². The lowest BCUT2D eigenvalue weighted by atomic mass is 10.1. The molecule has 1 saturated heterocycles. The van der Waals surface area contributed by atoms with E-state index in [-0.39, 0.29) is 22.9 Å². The first-order chi connectivity index (χ1) is 15.0. The van der Waals surface area contributed by atoms with Gasteiger partial charge in [-0.15, -0.1) is 0 Å². The largest absolute Gasteiger partial charge is 0.337 e. The fourth-order valence-electron chi connectivity index (χ4n) is 3.86. The van der Waals surface area contributed by atoms with Crippen molar-refractivity contribution in [1.29, 1.82) is 5.26 Å². The Hall–Kier alpha value is -3.53. The van der Waals surface area contributed by atoms with E-state index >= 15 is 0 Å². The minimum absolute atomic E-state index is 0.0859. The Morgan fingerprint density at radius 1 is 1.00 bits per heavy atom. The Morgan fingerprint density at radius 3 is 2.39 bits per heavy atom. The van der Waals surface area contributed by atoms with Gasteiger partial charge in [0.1, 0.15) is 23.4 Å². The maximum absolute atomic E-state index is 14.8. The molecule has 4 rings (SSSR count). The zero-order valence-electron chi connectivity index (χ0n) is 17.2. The molecule has 2 aromatic carbocycles. The second-order valence-electron chi connectivity index (χ2n) is 7.79. The van der Waals surface area contributed by atoms with Crippen molar-refractivity contribution in [1.82, 2.24) is 14.7 Å². The van der Waals surface area contributed by atoms with E-state index in [0.717, 1.165) is 31.2 Å². The minimum Gasteiger partial charge on any atom is -0.337 e. The number of amides is 1. The van der Waals surface area contributed by atoms with E-state index in [2.05, 4.69) is 5.10 Å². The molecule has 5 nitrogen and oxygen atoms in total. The van der Waals surface area contributed by atoms with Crippen LogP contribution in [0, 0.1) is 29.9 Å². The molecule has 0 unspecified atom stereocenters. The van der Waals surface area contributed by atoms with Crippen LogP contribution in [-0.2, 0) is 0 Å². The second-order valence-corrected chi connectivity index (χ2v) is 7.79. The first kappa shape index (κ1) is 20.7. The highest BCUT2D eigenvalue weighted by molar-refractivity contribution is 5.93. The van der Waals surface area contributed by atoms with Gasteiger partial charge in [-0.2, -0.15) is 10.4 Å². The zero-order valence-corrected chi connectivity index (χ0v) is 17.2. The number of hydrogen-bond acceptors (Lipinski definition) is 3. The Kier molecular flexibility index (Phi) is 5.81. The maximum Gasteiger partial charge on any atom is 0.274 e. The molecule has 1 aromatic heterocycles. The van der Waals surface area contributed by atoms with Crippen LogP contribution in [0.15, 0.2) is 42.5 Å². The van der Waals surface area contributed by atoms with Gasteiger partial charge in [0.05, 0.1) is 11.3 Å². The van der Waals surface area contributed by atoms with E-state index in [1.807, 2.05) is 0 Å². The van der Waals surface area contributed by atoms with Crippen molar-refractivity contribution in [2.45, 2.75) is 32.6 Å². The van der Waals surface area contributed by atoms with Gasteiger partial charge < -0.3 is 4.90 Å². The molecule has 0 radical (unpaired) electrons. The maximum atomic E-state index is 14.8. The molecule has 1 aliphatic rings. The summed E-state index contributed by atoms with van der Waals surface area (Å²) in [5.41, 5.74) is 1.79. The molecule has 0 bridgehead atoms. The molecule has 0 N–H and O–H groups in total. The van der Waals surface area contributed by atoms with E-state index in [1.54, 1.807) is 42.2 Å². The van der Waals surface area contributed by atoms with Gasteiger partial charge in [0.15, 0.2) is 5.69 Å². The Bertz CT molecular complexity index is 1170. The summed E-state index contributed by atoms with van der Waals surface area (Å²) < 4.78 is 30.4. The fraction of sp³-hybridized carbons (Fsp3) is 0.292. The normalized spacial score (nSPS) is 14.2. The monoisotopic (exact) mass is 420 g/mol. The van der Waals surface area contributed by atoms with E-state index in [4.69, 9.17) is 5.26 Å². The first-order valence-corrected chi connectivity index (χ1v) is 10.3. The van der Waals surface area contributed by atoms with Gasteiger partial charge in [-0.3, -0.25) is 4.79 Å². The van der Waals surface area contributed by atoms with E-state index in [9.17, 15) is 13.6 Å². The third-order valence-electron chi connectivity index (χ3n) is 5.54. The molecular weight excluding hydrogens is 398 g/mol. The summed E-state index contributed by atoms with van der Waals surface area (Å²) in [6.07, 6.45) is 4.05. The smallest absolute Gasteiger partial charge is 0.274 e. The van der Waals surface area contributed by atoms with Crippen molar-refractivity contribution in [3.05, 3.63) is 70.9 Å². The van der Waals surface area contributed by atoms with Gasteiger partial charge in [0.25, 0.3) is 5.91 Å². The highest BCUT2D eigenvalue weighted by atomic mass is 19.1. The van der Waals surface area contributed by atoms with Gasteiger partial charge in [0.2, 0.25) is 0 Å². The third kappa shape index (κ3) is 4.19. The molecule has 1 fully saturated rings.